The molecule has 1 amide bonds. The number of carbonyl (C=O) groups is 2. The van der Waals surface area contributed by atoms with E-state index in [4.69, 9.17) is 0 Å². The van der Waals surface area contributed by atoms with Gasteiger partial charge < -0.3 is 10.1 Å². The molecule has 1 N–H and O–H groups in total. The molecule has 0 aliphatic heterocycles. The van der Waals surface area contributed by atoms with Gasteiger partial charge in [-0.25, -0.2) is 4.79 Å². The molecule has 0 saturated heterocycles. The van der Waals surface area contributed by atoms with Crippen molar-refractivity contribution in [1.82, 2.24) is 5.32 Å². The van der Waals surface area contributed by atoms with Crippen LogP contribution in [0.3, 0.4) is 0 Å². The van der Waals surface area contributed by atoms with Crippen LogP contribution in [0.4, 0.5) is 4.79 Å². The monoisotopic (exact) mass is 131 g/mol. The van der Waals surface area contributed by atoms with Crippen LogP contribution in [-0.4, -0.2) is 25.5 Å². The second-order valence-electron chi connectivity index (χ2n) is 1.53. The van der Waals surface area contributed by atoms with Crippen LogP contribution in [0.1, 0.15) is 6.92 Å². The molecular formula is C5H9NO3. The Hall–Kier alpha value is -1.06. The van der Waals surface area contributed by atoms with Gasteiger partial charge in [0.1, 0.15) is 0 Å². The standard InChI is InChI=1S/C5H9NO3/c1-4(7)3-9-5(8)6-2/h3H2,1-2H3,(H,6,8). The lowest BCUT2D eigenvalue weighted by Crippen LogP contribution is -2.21. The number of carbonyl (C=O) groups excluding carboxylic acids is 2. The molecule has 0 bridgehead atoms. The fourth-order valence-electron chi connectivity index (χ4n) is 0.239. The summed E-state index contributed by atoms with van der Waals surface area (Å²) in [5.74, 6) is -0.168. The van der Waals surface area contributed by atoms with Crippen molar-refractivity contribution in [2.24, 2.45) is 0 Å². The molecule has 0 saturated carbocycles. The Morgan fingerprint density at radius 2 is 2.11 bits per heavy atom. The van der Waals surface area contributed by atoms with Crippen molar-refractivity contribution in [3.63, 3.8) is 0 Å². The van der Waals surface area contributed by atoms with E-state index < -0.39 is 6.09 Å². The summed E-state index contributed by atoms with van der Waals surface area (Å²) in [7, 11) is 1.43. The molecule has 9 heavy (non-hydrogen) atoms. The molecule has 0 atom stereocenters. The maximum absolute atomic E-state index is 10.2. The normalized spacial score (nSPS) is 8.22. The number of Topliss-reactive ketones (excluding diaryl/α,β-unsaturated/α-hetero) is 1. The molecule has 0 aliphatic rings. The molecule has 0 aliphatic carbocycles. The van der Waals surface area contributed by atoms with Crippen LogP contribution in [0, 0.1) is 0 Å². The molecule has 0 fully saturated rings. The predicted molar refractivity (Wildman–Crippen MR) is 31.1 cm³/mol. The van der Waals surface area contributed by atoms with E-state index >= 15 is 0 Å². The quantitative estimate of drug-likeness (QED) is 0.570. The molecular weight excluding hydrogens is 122 g/mol. The third kappa shape index (κ3) is 4.80. The molecule has 4 heteroatoms. The van der Waals surface area contributed by atoms with Crippen molar-refractivity contribution >= 4 is 11.9 Å². The van der Waals surface area contributed by atoms with Gasteiger partial charge in [-0.15, -0.1) is 0 Å². The van der Waals surface area contributed by atoms with Crippen molar-refractivity contribution in [2.45, 2.75) is 6.92 Å². The van der Waals surface area contributed by atoms with Gasteiger partial charge in [-0.1, -0.05) is 0 Å². The van der Waals surface area contributed by atoms with Gasteiger partial charge in [0.25, 0.3) is 0 Å². The Labute approximate surface area is 53.2 Å². The van der Waals surface area contributed by atoms with Crippen LogP contribution in [-0.2, 0) is 9.53 Å². The predicted octanol–water partition coefficient (Wildman–Crippen LogP) is -0.0686. The van der Waals surface area contributed by atoms with Crippen LogP contribution in [0.5, 0.6) is 0 Å². The third-order valence-corrected chi connectivity index (χ3v) is 0.611. The SMILES string of the molecule is CNC(=O)OCC(C)=O. The van der Waals surface area contributed by atoms with Crippen LogP contribution < -0.4 is 5.32 Å². The zero-order valence-electron chi connectivity index (χ0n) is 5.43. The van der Waals surface area contributed by atoms with Crippen molar-refractivity contribution in [3.8, 4) is 0 Å². The summed E-state index contributed by atoms with van der Waals surface area (Å²) in [5.41, 5.74) is 0. The van der Waals surface area contributed by atoms with Crippen molar-refractivity contribution in [3.05, 3.63) is 0 Å². The number of hydrogen-bond donors (Lipinski definition) is 1. The third-order valence-electron chi connectivity index (χ3n) is 0.611. The minimum Gasteiger partial charge on any atom is -0.442 e. The average molecular weight is 131 g/mol. The summed E-state index contributed by atoms with van der Waals surface area (Å²) in [5, 5.41) is 2.21. The smallest absolute Gasteiger partial charge is 0.407 e. The van der Waals surface area contributed by atoms with Gasteiger partial charge in [-0.05, 0) is 6.92 Å². The second kappa shape index (κ2) is 3.88. The fraction of sp³-hybridized carbons (Fsp3) is 0.600. The maximum Gasteiger partial charge on any atom is 0.407 e. The van der Waals surface area contributed by atoms with Gasteiger partial charge in [-0.3, -0.25) is 4.79 Å². The van der Waals surface area contributed by atoms with E-state index in [-0.39, 0.29) is 12.4 Å². The van der Waals surface area contributed by atoms with Crippen molar-refractivity contribution < 1.29 is 14.3 Å². The van der Waals surface area contributed by atoms with E-state index in [9.17, 15) is 9.59 Å². The molecule has 0 aromatic rings. The molecule has 4 nitrogen and oxygen atoms in total. The minimum atomic E-state index is -0.579. The van der Waals surface area contributed by atoms with E-state index in [1.807, 2.05) is 0 Å². The summed E-state index contributed by atoms with van der Waals surface area (Å²) in [4.78, 5) is 20.4. The molecule has 0 rings (SSSR count). The molecule has 0 spiro atoms. The number of nitrogens with one attached hydrogen (secondary N) is 1. The van der Waals surface area contributed by atoms with E-state index in [2.05, 4.69) is 10.1 Å². The molecule has 0 heterocycles. The lowest BCUT2D eigenvalue weighted by molar-refractivity contribution is -0.119. The Morgan fingerprint density at radius 3 is 2.44 bits per heavy atom. The van der Waals surface area contributed by atoms with Crippen LogP contribution in [0.2, 0.25) is 0 Å². The topological polar surface area (TPSA) is 55.4 Å². The van der Waals surface area contributed by atoms with E-state index in [1.165, 1.54) is 14.0 Å². The zero-order valence-corrected chi connectivity index (χ0v) is 5.43. The maximum atomic E-state index is 10.2. The first kappa shape index (κ1) is 7.94. The molecule has 0 aromatic heterocycles. The fourth-order valence-corrected chi connectivity index (χ4v) is 0.239. The molecule has 0 aromatic carbocycles. The lowest BCUT2D eigenvalue weighted by atomic mass is 10.5. The highest BCUT2D eigenvalue weighted by Gasteiger charge is 1.98. The first-order chi connectivity index (χ1) is 4.16. The van der Waals surface area contributed by atoms with Crippen LogP contribution in [0.25, 0.3) is 0 Å². The largest absolute Gasteiger partial charge is 0.442 e. The number of ether oxygens (including phenoxy) is 1. The van der Waals surface area contributed by atoms with Gasteiger partial charge >= 0.3 is 6.09 Å². The Kier molecular flexibility index (Phi) is 3.43. The average Bonchev–Trinajstić information content (AvgIpc) is 1.83. The Bertz CT molecular complexity index is 121. The van der Waals surface area contributed by atoms with Gasteiger partial charge in [0.2, 0.25) is 0 Å². The molecule has 0 radical (unpaired) electrons. The highest BCUT2D eigenvalue weighted by Crippen LogP contribution is 1.75. The Balaban J connectivity index is 3.28. The summed E-state index contributed by atoms with van der Waals surface area (Å²) in [6.07, 6.45) is -0.579. The first-order valence-electron chi connectivity index (χ1n) is 2.50. The summed E-state index contributed by atoms with van der Waals surface area (Å²) in [6.45, 7) is 1.20. The van der Waals surface area contributed by atoms with Crippen LogP contribution >= 0.6 is 0 Å². The van der Waals surface area contributed by atoms with Crippen molar-refractivity contribution in [2.75, 3.05) is 13.7 Å². The Morgan fingerprint density at radius 1 is 1.56 bits per heavy atom. The number of alkyl carbamates (subject to hydrolysis) is 1. The van der Waals surface area contributed by atoms with E-state index in [0.29, 0.717) is 0 Å². The zero-order chi connectivity index (χ0) is 7.28. The van der Waals surface area contributed by atoms with Gasteiger partial charge in [-0.2, -0.15) is 0 Å². The van der Waals surface area contributed by atoms with Crippen molar-refractivity contribution in [1.29, 1.82) is 0 Å². The van der Waals surface area contributed by atoms with Gasteiger partial charge in [0, 0.05) is 7.05 Å². The van der Waals surface area contributed by atoms with Gasteiger partial charge in [0.15, 0.2) is 12.4 Å². The lowest BCUT2D eigenvalue weighted by Gasteiger charge is -1.98. The highest BCUT2D eigenvalue weighted by molar-refractivity contribution is 5.79. The number of ketones is 1. The van der Waals surface area contributed by atoms with E-state index in [0.717, 1.165) is 0 Å². The minimum absolute atomic E-state index is 0.153. The number of rotatable bonds is 2. The van der Waals surface area contributed by atoms with Crippen LogP contribution in [0.15, 0.2) is 0 Å². The molecule has 0 unspecified atom stereocenters. The van der Waals surface area contributed by atoms with Gasteiger partial charge in [0.05, 0.1) is 0 Å². The van der Waals surface area contributed by atoms with E-state index in [1.54, 1.807) is 0 Å². The summed E-state index contributed by atoms with van der Waals surface area (Å²) >= 11 is 0. The molecule has 52 valence electrons. The highest BCUT2D eigenvalue weighted by atomic mass is 16.5. The number of hydrogen-bond acceptors (Lipinski definition) is 3. The second-order valence-corrected chi connectivity index (χ2v) is 1.53. The summed E-state index contributed by atoms with van der Waals surface area (Å²) < 4.78 is 4.35. The first-order valence-corrected chi connectivity index (χ1v) is 2.50. The summed E-state index contributed by atoms with van der Waals surface area (Å²) in [6, 6.07) is 0. The number of amides is 1.